The summed E-state index contributed by atoms with van der Waals surface area (Å²) in [5, 5.41) is 7.60. The van der Waals surface area contributed by atoms with Crippen LogP contribution >= 0.6 is 0 Å². The first-order valence-corrected chi connectivity index (χ1v) is 5.89. The zero-order valence-corrected chi connectivity index (χ0v) is 9.84. The predicted octanol–water partition coefficient (Wildman–Crippen LogP) is 1.69. The summed E-state index contributed by atoms with van der Waals surface area (Å²) in [4.78, 5) is 0. The van der Waals surface area contributed by atoms with E-state index in [9.17, 15) is 0 Å². The predicted molar refractivity (Wildman–Crippen MR) is 69.9 cm³/mol. The molecule has 1 aromatic carbocycles. The Morgan fingerprint density at radius 1 is 1.24 bits per heavy atom. The summed E-state index contributed by atoms with van der Waals surface area (Å²) in [5.41, 5.74) is 7.74. The molecule has 0 saturated carbocycles. The van der Waals surface area contributed by atoms with Gasteiger partial charge in [0.15, 0.2) is 0 Å². The molecule has 0 unspecified atom stereocenters. The van der Waals surface area contributed by atoms with E-state index in [1.165, 1.54) is 5.56 Å². The van der Waals surface area contributed by atoms with Crippen LogP contribution in [-0.4, -0.2) is 22.9 Å². The topological polar surface area (TPSA) is 55.9 Å². The van der Waals surface area contributed by atoms with Crippen molar-refractivity contribution >= 4 is 5.69 Å². The summed E-state index contributed by atoms with van der Waals surface area (Å²) >= 11 is 0. The molecule has 3 N–H and O–H groups in total. The van der Waals surface area contributed by atoms with Gasteiger partial charge in [0.1, 0.15) is 0 Å². The van der Waals surface area contributed by atoms with Gasteiger partial charge in [0.2, 0.25) is 0 Å². The molecule has 17 heavy (non-hydrogen) atoms. The summed E-state index contributed by atoms with van der Waals surface area (Å²) in [6, 6.07) is 10.3. The highest BCUT2D eigenvalue weighted by Gasteiger charge is 1.98. The Labute approximate surface area is 101 Å². The zero-order chi connectivity index (χ0) is 11.9. The van der Waals surface area contributed by atoms with Gasteiger partial charge < -0.3 is 11.1 Å². The number of anilines is 1. The molecule has 0 saturated heterocycles. The molecule has 1 heterocycles. The van der Waals surface area contributed by atoms with Crippen LogP contribution in [0.2, 0.25) is 0 Å². The SMILES string of the molecule is NCCCNc1cnn(Cc2ccccc2)c1. The van der Waals surface area contributed by atoms with Crippen molar-refractivity contribution in [2.75, 3.05) is 18.4 Å². The number of nitrogens with zero attached hydrogens (tertiary/aromatic N) is 2. The average Bonchev–Trinajstić information content (AvgIpc) is 2.79. The Balaban J connectivity index is 1.90. The largest absolute Gasteiger partial charge is 0.382 e. The molecule has 4 nitrogen and oxygen atoms in total. The average molecular weight is 230 g/mol. The van der Waals surface area contributed by atoms with Gasteiger partial charge in [-0.1, -0.05) is 30.3 Å². The highest BCUT2D eigenvalue weighted by Crippen LogP contribution is 2.07. The van der Waals surface area contributed by atoms with Crippen molar-refractivity contribution in [1.29, 1.82) is 0 Å². The van der Waals surface area contributed by atoms with Crippen LogP contribution in [0.3, 0.4) is 0 Å². The molecule has 0 bridgehead atoms. The maximum atomic E-state index is 5.44. The molecule has 90 valence electrons. The first-order chi connectivity index (χ1) is 8.38. The van der Waals surface area contributed by atoms with Gasteiger partial charge in [0.25, 0.3) is 0 Å². The normalized spacial score (nSPS) is 10.4. The minimum absolute atomic E-state index is 0.713. The fraction of sp³-hybridized carbons (Fsp3) is 0.308. The van der Waals surface area contributed by atoms with E-state index >= 15 is 0 Å². The lowest BCUT2D eigenvalue weighted by Crippen LogP contribution is -2.07. The molecular formula is C13H18N4. The van der Waals surface area contributed by atoms with Crippen LogP contribution in [0, 0.1) is 0 Å². The number of aromatic nitrogens is 2. The molecule has 0 atom stereocenters. The molecule has 2 rings (SSSR count). The van der Waals surface area contributed by atoms with Gasteiger partial charge in [0, 0.05) is 12.7 Å². The molecule has 0 aliphatic heterocycles. The molecule has 0 fully saturated rings. The maximum absolute atomic E-state index is 5.44. The third kappa shape index (κ3) is 3.60. The lowest BCUT2D eigenvalue weighted by atomic mass is 10.2. The van der Waals surface area contributed by atoms with E-state index in [1.807, 2.05) is 35.3 Å². The Morgan fingerprint density at radius 3 is 2.82 bits per heavy atom. The van der Waals surface area contributed by atoms with Crippen molar-refractivity contribution in [3.63, 3.8) is 0 Å². The zero-order valence-electron chi connectivity index (χ0n) is 9.84. The minimum Gasteiger partial charge on any atom is -0.382 e. The van der Waals surface area contributed by atoms with Crippen LogP contribution in [-0.2, 0) is 6.54 Å². The van der Waals surface area contributed by atoms with Crippen LogP contribution in [0.15, 0.2) is 42.7 Å². The Morgan fingerprint density at radius 2 is 2.06 bits per heavy atom. The summed E-state index contributed by atoms with van der Waals surface area (Å²) in [5.74, 6) is 0. The summed E-state index contributed by atoms with van der Waals surface area (Å²) < 4.78 is 1.93. The van der Waals surface area contributed by atoms with Gasteiger partial charge in [-0.3, -0.25) is 4.68 Å². The Hall–Kier alpha value is -1.81. The molecule has 2 aromatic rings. The maximum Gasteiger partial charge on any atom is 0.0726 e. The second kappa shape index (κ2) is 6.06. The Kier molecular flexibility index (Phi) is 4.16. The van der Waals surface area contributed by atoms with Crippen LogP contribution in [0.4, 0.5) is 5.69 Å². The van der Waals surface area contributed by atoms with Gasteiger partial charge in [-0.2, -0.15) is 5.10 Å². The second-order valence-corrected chi connectivity index (χ2v) is 3.98. The fourth-order valence-corrected chi connectivity index (χ4v) is 1.65. The van der Waals surface area contributed by atoms with Crippen molar-refractivity contribution in [1.82, 2.24) is 9.78 Å². The summed E-state index contributed by atoms with van der Waals surface area (Å²) in [6.45, 7) is 2.41. The fourth-order valence-electron chi connectivity index (χ4n) is 1.65. The number of hydrogen-bond acceptors (Lipinski definition) is 3. The van der Waals surface area contributed by atoms with E-state index in [2.05, 4.69) is 22.5 Å². The molecule has 0 aliphatic rings. The van der Waals surface area contributed by atoms with Gasteiger partial charge in [-0.05, 0) is 18.5 Å². The van der Waals surface area contributed by atoms with Crippen molar-refractivity contribution in [3.05, 3.63) is 48.3 Å². The van der Waals surface area contributed by atoms with Gasteiger partial charge in [-0.15, -0.1) is 0 Å². The highest BCUT2D eigenvalue weighted by molar-refractivity contribution is 5.38. The van der Waals surface area contributed by atoms with E-state index < -0.39 is 0 Å². The van der Waals surface area contributed by atoms with E-state index in [1.54, 1.807) is 0 Å². The number of nitrogens with one attached hydrogen (secondary N) is 1. The smallest absolute Gasteiger partial charge is 0.0726 e. The van der Waals surface area contributed by atoms with Crippen LogP contribution in [0.25, 0.3) is 0 Å². The number of rotatable bonds is 6. The lowest BCUT2D eigenvalue weighted by Gasteiger charge is -2.02. The Bertz CT molecular complexity index is 436. The molecule has 0 amide bonds. The summed E-state index contributed by atoms with van der Waals surface area (Å²) in [7, 11) is 0. The molecule has 0 radical (unpaired) electrons. The van der Waals surface area contributed by atoms with Crippen LogP contribution < -0.4 is 11.1 Å². The number of benzene rings is 1. The third-order valence-electron chi connectivity index (χ3n) is 2.53. The van der Waals surface area contributed by atoms with Crippen molar-refractivity contribution in [2.24, 2.45) is 5.73 Å². The van der Waals surface area contributed by atoms with Gasteiger partial charge >= 0.3 is 0 Å². The molecule has 0 spiro atoms. The van der Waals surface area contributed by atoms with E-state index in [0.29, 0.717) is 6.54 Å². The first kappa shape index (κ1) is 11.7. The quantitative estimate of drug-likeness (QED) is 0.742. The molecule has 1 aromatic heterocycles. The molecular weight excluding hydrogens is 212 g/mol. The van der Waals surface area contributed by atoms with Gasteiger partial charge in [-0.25, -0.2) is 0 Å². The lowest BCUT2D eigenvalue weighted by molar-refractivity contribution is 0.687. The van der Waals surface area contributed by atoms with Crippen molar-refractivity contribution in [2.45, 2.75) is 13.0 Å². The van der Waals surface area contributed by atoms with Crippen molar-refractivity contribution in [3.8, 4) is 0 Å². The second-order valence-electron chi connectivity index (χ2n) is 3.98. The highest BCUT2D eigenvalue weighted by atomic mass is 15.3. The van der Waals surface area contributed by atoms with Crippen LogP contribution in [0.5, 0.6) is 0 Å². The van der Waals surface area contributed by atoms with Gasteiger partial charge in [0.05, 0.1) is 18.4 Å². The van der Waals surface area contributed by atoms with Crippen molar-refractivity contribution < 1.29 is 0 Å². The monoisotopic (exact) mass is 230 g/mol. The standard InChI is InChI=1S/C13H18N4/c14-7-4-8-15-13-9-16-17(11-13)10-12-5-2-1-3-6-12/h1-3,5-6,9,11,15H,4,7-8,10,14H2. The number of nitrogens with two attached hydrogens (primary N) is 1. The summed E-state index contributed by atoms with van der Waals surface area (Å²) in [6.07, 6.45) is 4.84. The van der Waals surface area contributed by atoms with E-state index in [-0.39, 0.29) is 0 Å². The van der Waals surface area contributed by atoms with Crippen LogP contribution in [0.1, 0.15) is 12.0 Å². The molecule has 0 aliphatic carbocycles. The number of hydrogen-bond donors (Lipinski definition) is 2. The van der Waals surface area contributed by atoms with E-state index in [4.69, 9.17) is 5.73 Å². The molecule has 4 heteroatoms. The van der Waals surface area contributed by atoms with E-state index in [0.717, 1.165) is 25.2 Å². The minimum atomic E-state index is 0.713. The third-order valence-corrected chi connectivity index (χ3v) is 2.53. The first-order valence-electron chi connectivity index (χ1n) is 5.89.